The number of nitrogens with zero attached hydrogens (tertiary/aromatic N) is 2. The van der Waals surface area contributed by atoms with Gasteiger partial charge in [-0.2, -0.15) is 0 Å². The minimum absolute atomic E-state index is 0.0239. The average molecular weight is 386 g/mol. The van der Waals surface area contributed by atoms with Gasteiger partial charge in [-0.25, -0.2) is 0 Å². The lowest BCUT2D eigenvalue weighted by Gasteiger charge is -2.25. The number of hydrogen-bond donors (Lipinski definition) is 2. The van der Waals surface area contributed by atoms with Gasteiger partial charge in [0.15, 0.2) is 0 Å². The van der Waals surface area contributed by atoms with Gasteiger partial charge in [0.2, 0.25) is 0 Å². The fourth-order valence-electron chi connectivity index (χ4n) is 3.49. The van der Waals surface area contributed by atoms with E-state index in [0.29, 0.717) is 11.1 Å². The first-order valence-corrected chi connectivity index (χ1v) is 9.08. The van der Waals surface area contributed by atoms with E-state index in [1.54, 1.807) is 60.9 Å². The zero-order valence-corrected chi connectivity index (χ0v) is 15.4. The van der Waals surface area contributed by atoms with Gasteiger partial charge in [-0.3, -0.25) is 14.6 Å². The fourth-order valence-corrected chi connectivity index (χ4v) is 3.49. The second-order valence-electron chi connectivity index (χ2n) is 6.75. The summed E-state index contributed by atoms with van der Waals surface area (Å²) in [6, 6.07) is 17.7. The van der Waals surface area contributed by atoms with Crippen molar-refractivity contribution in [2.45, 2.75) is 12.6 Å². The van der Waals surface area contributed by atoms with E-state index in [-0.39, 0.29) is 23.6 Å². The molecule has 1 saturated heterocycles. The predicted octanol–water partition coefficient (Wildman–Crippen LogP) is 3.41. The molecule has 1 amide bonds. The Morgan fingerprint density at radius 3 is 2.34 bits per heavy atom. The molecule has 2 aromatic carbocycles. The molecule has 0 bridgehead atoms. The molecule has 1 aliphatic heterocycles. The maximum absolute atomic E-state index is 12.9. The molecule has 1 fully saturated rings. The van der Waals surface area contributed by atoms with Gasteiger partial charge >= 0.3 is 0 Å². The third kappa shape index (κ3) is 3.48. The highest BCUT2D eigenvalue weighted by atomic mass is 16.3. The summed E-state index contributed by atoms with van der Waals surface area (Å²) in [6.45, 7) is 0.162. The number of carbonyl (C=O) groups excluding carboxylic acids is 2. The van der Waals surface area contributed by atoms with Gasteiger partial charge in [-0.15, -0.1) is 0 Å². The Bertz CT molecular complexity index is 1080. The quantitative estimate of drug-likeness (QED) is 0.407. The smallest absolute Gasteiger partial charge is 0.295 e. The Labute approximate surface area is 167 Å². The van der Waals surface area contributed by atoms with Crippen molar-refractivity contribution in [3.05, 3.63) is 101 Å². The van der Waals surface area contributed by atoms with E-state index in [1.165, 1.54) is 17.0 Å². The number of hydrogen-bond acceptors (Lipinski definition) is 5. The lowest BCUT2D eigenvalue weighted by Crippen LogP contribution is -2.29. The zero-order valence-electron chi connectivity index (χ0n) is 15.4. The van der Waals surface area contributed by atoms with Crippen LogP contribution in [0.1, 0.15) is 22.7 Å². The Balaban J connectivity index is 1.86. The third-order valence-electron chi connectivity index (χ3n) is 4.87. The van der Waals surface area contributed by atoms with Crippen LogP contribution in [-0.4, -0.2) is 31.8 Å². The number of aromatic nitrogens is 1. The van der Waals surface area contributed by atoms with E-state index in [4.69, 9.17) is 0 Å². The van der Waals surface area contributed by atoms with Crippen molar-refractivity contribution in [3.8, 4) is 5.75 Å². The molecule has 1 unspecified atom stereocenters. The topological polar surface area (TPSA) is 90.7 Å². The molecule has 0 saturated carbocycles. The molecule has 0 spiro atoms. The Hall–Kier alpha value is -3.93. The molecular formula is C23H18N2O4. The van der Waals surface area contributed by atoms with Crippen LogP contribution in [0.25, 0.3) is 5.76 Å². The largest absolute Gasteiger partial charge is 0.508 e. The zero-order chi connectivity index (χ0) is 20.4. The van der Waals surface area contributed by atoms with Crippen LogP contribution >= 0.6 is 0 Å². The van der Waals surface area contributed by atoms with Gasteiger partial charge in [-0.05, 0) is 29.3 Å². The molecule has 3 aromatic rings. The van der Waals surface area contributed by atoms with E-state index in [1.807, 2.05) is 6.07 Å². The monoisotopic (exact) mass is 386 g/mol. The molecule has 1 atom stereocenters. The van der Waals surface area contributed by atoms with Crippen molar-refractivity contribution in [1.82, 2.24) is 9.88 Å². The number of Topliss-reactive ketones (excluding diaryl/α,β-unsaturated/α-hetero) is 1. The van der Waals surface area contributed by atoms with Crippen molar-refractivity contribution in [2.75, 3.05) is 0 Å². The van der Waals surface area contributed by atoms with Crippen LogP contribution < -0.4 is 0 Å². The van der Waals surface area contributed by atoms with Gasteiger partial charge in [0.05, 0.1) is 11.6 Å². The van der Waals surface area contributed by atoms with Crippen molar-refractivity contribution in [1.29, 1.82) is 0 Å². The van der Waals surface area contributed by atoms with Crippen LogP contribution in [0.5, 0.6) is 5.75 Å². The minimum atomic E-state index is -0.781. The number of aliphatic hydroxyl groups excluding tert-OH is 1. The molecule has 6 heteroatoms. The molecule has 2 N–H and O–H groups in total. The molecule has 1 aliphatic rings. The van der Waals surface area contributed by atoms with Gasteiger partial charge in [-0.1, -0.05) is 48.5 Å². The molecule has 6 nitrogen and oxygen atoms in total. The van der Waals surface area contributed by atoms with Gasteiger partial charge in [0, 0.05) is 24.5 Å². The number of benzene rings is 2. The van der Waals surface area contributed by atoms with Gasteiger partial charge in [0.1, 0.15) is 11.5 Å². The molecule has 2 heterocycles. The Morgan fingerprint density at radius 1 is 0.966 bits per heavy atom. The summed E-state index contributed by atoms with van der Waals surface area (Å²) < 4.78 is 0. The second-order valence-corrected chi connectivity index (χ2v) is 6.75. The van der Waals surface area contributed by atoms with E-state index in [2.05, 4.69) is 4.98 Å². The summed E-state index contributed by atoms with van der Waals surface area (Å²) in [5.74, 6) is -1.59. The number of ketones is 1. The Kier molecular flexibility index (Phi) is 4.83. The summed E-state index contributed by atoms with van der Waals surface area (Å²) in [7, 11) is 0. The van der Waals surface area contributed by atoms with E-state index in [9.17, 15) is 19.8 Å². The van der Waals surface area contributed by atoms with Gasteiger partial charge in [0.25, 0.3) is 11.7 Å². The number of aromatic hydroxyl groups is 1. The summed E-state index contributed by atoms with van der Waals surface area (Å²) in [6.07, 6.45) is 3.26. The highest BCUT2D eigenvalue weighted by Gasteiger charge is 2.46. The number of likely N-dealkylation sites (tertiary alicyclic amines) is 1. The summed E-state index contributed by atoms with van der Waals surface area (Å²) in [5.41, 5.74) is 1.85. The van der Waals surface area contributed by atoms with Crippen LogP contribution in [0, 0.1) is 0 Å². The van der Waals surface area contributed by atoms with E-state index < -0.39 is 17.7 Å². The first-order valence-electron chi connectivity index (χ1n) is 9.08. The summed E-state index contributed by atoms with van der Waals surface area (Å²) in [5, 5.41) is 20.5. The first kappa shape index (κ1) is 18.4. The van der Waals surface area contributed by atoms with Crippen LogP contribution in [0.15, 0.2) is 84.7 Å². The Morgan fingerprint density at radius 2 is 1.69 bits per heavy atom. The third-order valence-corrected chi connectivity index (χ3v) is 4.87. The van der Waals surface area contributed by atoms with Crippen molar-refractivity contribution < 1.29 is 19.8 Å². The molecule has 1 aromatic heterocycles. The number of pyridine rings is 1. The standard InChI is InChI=1S/C23H18N2O4/c26-18-10-8-16(9-11-18)20-19(21(27)17-6-2-1-3-7-17)22(28)23(29)25(20)14-15-5-4-12-24-13-15/h1-13,20,26-27H,14H2/b21-19-. The second kappa shape index (κ2) is 7.59. The number of phenols is 1. The van der Waals surface area contributed by atoms with Crippen LogP contribution in [0.3, 0.4) is 0 Å². The van der Waals surface area contributed by atoms with Crippen LogP contribution in [-0.2, 0) is 16.1 Å². The highest BCUT2D eigenvalue weighted by molar-refractivity contribution is 6.46. The van der Waals surface area contributed by atoms with Gasteiger partial charge < -0.3 is 15.1 Å². The lowest BCUT2D eigenvalue weighted by atomic mass is 9.95. The normalized spacial score (nSPS) is 18.2. The van der Waals surface area contributed by atoms with Crippen LogP contribution in [0.2, 0.25) is 0 Å². The number of phenolic OH excluding ortho intramolecular Hbond substituents is 1. The molecule has 0 aliphatic carbocycles. The van der Waals surface area contributed by atoms with E-state index in [0.717, 1.165) is 5.56 Å². The predicted molar refractivity (Wildman–Crippen MR) is 107 cm³/mol. The number of rotatable bonds is 4. The highest BCUT2D eigenvalue weighted by Crippen LogP contribution is 2.40. The van der Waals surface area contributed by atoms with Crippen LogP contribution in [0.4, 0.5) is 0 Å². The summed E-state index contributed by atoms with van der Waals surface area (Å²) in [4.78, 5) is 31.2. The van der Waals surface area contributed by atoms with Crippen molar-refractivity contribution >= 4 is 17.4 Å². The van der Waals surface area contributed by atoms with Crippen molar-refractivity contribution in [2.24, 2.45) is 0 Å². The average Bonchev–Trinajstić information content (AvgIpc) is 3.00. The maximum atomic E-state index is 12.9. The van der Waals surface area contributed by atoms with E-state index >= 15 is 0 Å². The molecule has 144 valence electrons. The molecular weight excluding hydrogens is 368 g/mol. The summed E-state index contributed by atoms with van der Waals surface area (Å²) >= 11 is 0. The SMILES string of the molecule is O=C1C(=O)N(Cc2cccnc2)C(c2ccc(O)cc2)/C1=C(/O)c1ccccc1. The maximum Gasteiger partial charge on any atom is 0.295 e. The number of amides is 1. The number of aliphatic hydroxyl groups is 1. The molecule has 0 radical (unpaired) electrons. The molecule has 29 heavy (non-hydrogen) atoms. The fraction of sp³-hybridized carbons (Fsp3) is 0.0870. The van der Waals surface area contributed by atoms with Crippen molar-refractivity contribution in [3.63, 3.8) is 0 Å². The first-order chi connectivity index (χ1) is 14.1. The lowest BCUT2D eigenvalue weighted by molar-refractivity contribution is -0.140. The number of carbonyl (C=O) groups is 2. The minimum Gasteiger partial charge on any atom is -0.508 e. The molecule has 4 rings (SSSR count).